The minimum Gasteiger partial charge on any atom is -0.496 e. The van der Waals surface area contributed by atoms with E-state index in [9.17, 15) is 9.59 Å². The maximum absolute atomic E-state index is 13.6. The predicted octanol–water partition coefficient (Wildman–Crippen LogP) is 5.12. The molecule has 1 atom stereocenters. The van der Waals surface area contributed by atoms with E-state index in [1.165, 1.54) is 19.3 Å². The summed E-state index contributed by atoms with van der Waals surface area (Å²) in [5, 5.41) is 9.09. The number of carboxylic acids is 1. The van der Waals surface area contributed by atoms with Crippen LogP contribution in [0.5, 0.6) is 17.2 Å². The van der Waals surface area contributed by atoms with Crippen molar-refractivity contribution < 1.29 is 28.9 Å². The summed E-state index contributed by atoms with van der Waals surface area (Å²) in [5.41, 5.74) is 2.27. The molecule has 2 amide bonds. The fraction of sp³-hybridized carbons (Fsp3) is 0.500. The third kappa shape index (κ3) is 6.22. The van der Waals surface area contributed by atoms with Gasteiger partial charge in [0.25, 0.3) is 0 Å². The van der Waals surface area contributed by atoms with Gasteiger partial charge in [-0.05, 0) is 55.9 Å². The number of hydrogen-bond donors (Lipinski definition) is 1. The first-order valence-corrected chi connectivity index (χ1v) is 12.7. The second kappa shape index (κ2) is 11.5. The Bertz CT molecular complexity index is 1080. The Kier molecular flexibility index (Phi) is 8.23. The van der Waals surface area contributed by atoms with E-state index in [1.54, 1.807) is 31.3 Å². The normalized spacial score (nSPS) is 17.8. The Morgan fingerprint density at radius 1 is 1.03 bits per heavy atom. The Balaban J connectivity index is 1.49. The van der Waals surface area contributed by atoms with Gasteiger partial charge in [0.2, 0.25) is 0 Å². The lowest BCUT2D eigenvalue weighted by Crippen LogP contribution is -2.53. The van der Waals surface area contributed by atoms with E-state index in [2.05, 4.69) is 0 Å². The molecule has 2 fully saturated rings. The molecule has 194 valence electrons. The number of benzene rings is 2. The molecule has 0 radical (unpaired) electrons. The van der Waals surface area contributed by atoms with Crippen LogP contribution in [0.2, 0.25) is 0 Å². The fourth-order valence-electron chi connectivity index (χ4n) is 4.67. The van der Waals surface area contributed by atoms with Gasteiger partial charge in [0.15, 0.2) is 11.5 Å². The molecule has 1 aliphatic heterocycles. The number of nitrogens with zero attached hydrogens (tertiary/aromatic N) is 2. The highest BCUT2D eigenvalue weighted by Crippen LogP contribution is 2.36. The predicted molar refractivity (Wildman–Crippen MR) is 137 cm³/mol. The lowest BCUT2D eigenvalue weighted by atomic mass is 10.0. The van der Waals surface area contributed by atoms with Crippen molar-refractivity contribution in [3.8, 4) is 17.2 Å². The van der Waals surface area contributed by atoms with Crippen molar-refractivity contribution in [3.63, 3.8) is 0 Å². The van der Waals surface area contributed by atoms with E-state index in [-0.39, 0.29) is 18.5 Å². The molecule has 2 aromatic carbocycles. The van der Waals surface area contributed by atoms with Crippen molar-refractivity contribution >= 4 is 17.7 Å². The number of carbonyl (C=O) groups is 2. The largest absolute Gasteiger partial charge is 0.496 e. The minimum atomic E-state index is -0.897. The molecule has 1 saturated heterocycles. The van der Waals surface area contributed by atoms with E-state index in [0.717, 1.165) is 30.0 Å². The van der Waals surface area contributed by atoms with Crippen molar-refractivity contribution in [3.05, 3.63) is 47.5 Å². The fourth-order valence-corrected chi connectivity index (χ4v) is 4.67. The Hall–Kier alpha value is -3.42. The number of hydrogen-bond acceptors (Lipinski definition) is 5. The van der Waals surface area contributed by atoms with Crippen LogP contribution < -0.4 is 19.1 Å². The van der Waals surface area contributed by atoms with Crippen molar-refractivity contribution in [2.24, 2.45) is 5.92 Å². The van der Waals surface area contributed by atoms with E-state index in [0.29, 0.717) is 42.5 Å². The third-order valence-corrected chi connectivity index (χ3v) is 7.00. The Morgan fingerprint density at radius 3 is 2.50 bits per heavy atom. The molecule has 8 heteroatoms. The summed E-state index contributed by atoms with van der Waals surface area (Å²) in [6.07, 6.45) is 5.62. The van der Waals surface area contributed by atoms with Crippen molar-refractivity contribution in [1.82, 2.24) is 4.90 Å². The molecule has 1 aliphatic carbocycles. The molecule has 8 nitrogen and oxygen atoms in total. The first kappa shape index (κ1) is 25.7. The highest BCUT2D eigenvalue weighted by molar-refractivity contribution is 5.93. The average Bonchev–Trinajstić information content (AvgIpc) is 3.69. The van der Waals surface area contributed by atoms with Crippen molar-refractivity contribution in [1.29, 1.82) is 0 Å². The monoisotopic (exact) mass is 496 g/mol. The Labute approximate surface area is 212 Å². The van der Waals surface area contributed by atoms with Crippen LogP contribution >= 0.6 is 0 Å². The van der Waals surface area contributed by atoms with Gasteiger partial charge in [-0.2, -0.15) is 0 Å². The number of amides is 2. The molecule has 4 rings (SSSR count). The maximum atomic E-state index is 13.6. The van der Waals surface area contributed by atoms with Gasteiger partial charge in [-0.3, -0.25) is 9.69 Å². The highest BCUT2D eigenvalue weighted by atomic mass is 16.5. The molecule has 36 heavy (non-hydrogen) atoms. The molecule has 2 aromatic rings. The first-order chi connectivity index (χ1) is 17.4. The van der Waals surface area contributed by atoms with Crippen molar-refractivity contribution in [2.45, 2.75) is 58.0 Å². The van der Waals surface area contributed by atoms with Gasteiger partial charge in [0.1, 0.15) is 5.75 Å². The molecular formula is C28H36N2O6. The summed E-state index contributed by atoms with van der Waals surface area (Å²) in [4.78, 5) is 28.3. The number of rotatable bonds is 12. The molecule has 1 unspecified atom stereocenters. The zero-order chi connectivity index (χ0) is 25.7. The number of ether oxygens (including phenoxy) is 3. The highest BCUT2D eigenvalue weighted by Gasteiger charge is 2.32. The van der Waals surface area contributed by atoms with Crippen LogP contribution in [0, 0.1) is 5.92 Å². The number of urea groups is 1. The third-order valence-electron chi connectivity index (χ3n) is 7.00. The van der Waals surface area contributed by atoms with Crippen LogP contribution in [0.1, 0.15) is 50.2 Å². The van der Waals surface area contributed by atoms with Crippen LogP contribution in [-0.2, 0) is 17.8 Å². The van der Waals surface area contributed by atoms with Crippen LogP contribution in [0.25, 0.3) is 0 Å². The SMILES string of the molecule is COc1cc(CC(=O)O)ccc1CN1C(=O)N(c2ccc(OC)c(OCCCC3CC3)c2)CCC1C. The molecule has 1 saturated carbocycles. The lowest BCUT2D eigenvalue weighted by Gasteiger charge is -2.40. The Morgan fingerprint density at radius 2 is 1.81 bits per heavy atom. The summed E-state index contributed by atoms with van der Waals surface area (Å²) in [7, 11) is 3.18. The standard InChI is InChI=1S/C28H36N2O6/c1-19-12-13-29(23-10-11-24(34-2)26(17-23)36-14-4-5-20-6-7-20)28(33)30(19)18-22-9-8-21(16-27(31)32)15-25(22)35-3/h8-11,15,17,19-20H,4-7,12-14,16,18H2,1-3H3,(H,31,32). The second-order valence-corrected chi connectivity index (χ2v) is 9.69. The van der Waals surface area contributed by atoms with Crippen LogP contribution in [0.3, 0.4) is 0 Å². The average molecular weight is 497 g/mol. The van der Waals surface area contributed by atoms with Crippen LogP contribution in [0.15, 0.2) is 36.4 Å². The first-order valence-electron chi connectivity index (χ1n) is 12.7. The zero-order valence-corrected chi connectivity index (χ0v) is 21.4. The lowest BCUT2D eigenvalue weighted by molar-refractivity contribution is -0.136. The molecule has 2 aliphatic rings. The molecular weight excluding hydrogens is 460 g/mol. The van der Waals surface area contributed by atoms with E-state index >= 15 is 0 Å². The minimum absolute atomic E-state index is 0.0496. The number of anilines is 1. The molecule has 0 bridgehead atoms. The van der Waals surface area contributed by atoms with E-state index in [4.69, 9.17) is 19.3 Å². The van der Waals surface area contributed by atoms with Crippen LogP contribution in [0.4, 0.5) is 10.5 Å². The summed E-state index contributed by atoms with van der Waals surface area (Å²) in [5.74, 6) is 1.86. The molecule has 1 N–H and O–H groups in total. The number of carbonyl (C=O) groups excluding carboxylic acids is 1. The van der Waals surface area contributed by atoms with Gasteiger partial charge in [0.05, 0.1) is 33.8 Å². The van der Waals surface area contributed by atoms with Gasteiger partial charge in [-0.1, -0.05) is 25.0 Å². The summed E-state index contributed by atoms with van der Waals surface area (Å²) in [6, 6.07) is 11.0. The van der Waals surface area contributed by atoms with Gasteiger partial charge < -0.3 is 24.2 Å². The summed E-state index contributed by atoms with van der Waals surface area (Å²) >= 11 is 0. The molecule has 0 spiro atoms. The maximum Gasteiger partial charge on any atom is 0.325 e. The van der Waals surface area contributed by atoms with Gasteiger partial charge in [-0.25, -0.2) is 4.79 Å². The van der Waals surface area contributed by atoms with Gasteiger partial charge in [0, 0.05) is 29.9 Å². The van der Waals surface area contributed by atoms with E-state index in [1.807, 2.05) is 36.1 Å². The topological polar surface area (TPSA) is 88.5 Å². The zero-order valence-electron chi connectivity index (χ0n) is 21.4. The van der Waals surface area contributed by atoms with Gasteiger partial charge in [-0.15, -0.1) is 0 Å². The molecule has 0 aromatic heterocycles. The summed E-state index contributed by atoms with van der Waals surface area (Å²) < 4.78 is 17.1. The smallest absolute Gasteiger partial charge is 0.325 e. The van der Waals surface area contributed by atoms with Gasteiger partial charge >= 0.3 is 12.0 Å². The number of aliphatic carboxylic acids is 1. The van der Waals surface area contributed by atoms with E-state index < -0.39 is 5.97 Å². The molecule has 1 heterocycles. The number of carboxylic acid groups (broad SMARTS) is 1. The van der Waals surface area contributed by atoms with Crippen LogP contribution in [-0.4, -0.2) is 55.4 Å². The number of methoxy groups -OCH3 is 2. The second-order valence-electron chi connectivity index (χ2n) is 9.69. The quantitative estimate of drug-likeness (QED) is 0.410. The summed E-state index contributed by atoms with van der Waals surface area (Å²) in [6.45, 7) is 3.65. The van der Waals surface area contributed by atoms with Crippen molar-refractivity contribution in [2.75, 3.05) is 32.3 Å².